The smallest absolute Gasteiger partial charge is 0.306 e. The lowest BCUT2D eigenvalue weighted by Gasteiger charge is -2.28. The molecule has 116 valence electrons. The van der Waals surface area contributed by atoms with E-state index in [1.807, 2.05) is 0 Å². The van der Waals surface area contributed by atoms with Crippen LogP contribution in [0.15, 0.2) is 22.8 Å². The second-order valence-electron chi connectivity index (χ2n) is 5.39. The number of aliphatic carboxylic acids is 1. The molecule has 1 unspecified atom stereocenters. The van der Waals surface area contributed by atoms with Crippen molar-refractivity contribution < 1.29 is 23.8 Å². The molecule has 1 aliphatic carbocycles. The monoisotopic (exact) mass is 295 g/mol. The SMILES string of the molecule is CC(OC1CCC(C(=O)O)CC1)C(=O)NCc1ccco1. The molecule has 1 aliphatic rings. The fourth-order valence-corrected chi connectivity index (χ4v) is 2.53. The van der Waals surface area contributed by atoms with Crippen LogP contribution in [0.25, 0.3) is 0 Å². The maximum Gasteiger partial charge on any atom is 0.306 e. The Labute approximate surface area is 123 Å². The number of carbonyl (C=O) groups is 2. The van der Waals surface area contributed by atoms with Crippen LogP contribution in [-0.2, 0) is 20.9 Å². The van der Waals surface area contributed by atoms with Gasteiger partial charge >= 0.3 is 5.97 Å². The molecule has 0 saturated heterocycles. The first-order valence-corrected chi connectivity index (χ1v) is 7.24. The van der Waals surface area contributed by atoms with E-state index in [1.54, 1.807) is 25.3 Å². The summed E-state index contributed by atoms with van der Waals surface area (Å²) < 4.78 is 10.9. The Kier molecular flexibility index (Phi) is 5.38. The molecule has 2 N–H and O–H groups in total. The second kappa shape index (κ2) is 7.26. The average molecular weight is 295 g/mol. The van der Waals surface area contributed by atoms with Gasteiger partial charge in [0.2, 0.25) is 5.91 Å². The lowest BCUT2D eigenvalue weighted by Crippen LogP contribution is -2.37. The van der Waals surface area contributed by atoms with Crippen LogP contribution in [0.1, 0.15) is 38.4 Å². The first-order chi connectivity index (χ1) is 10.1. The molecular weight excluding hydrogens is 274 g/mol. The molecule has 6 heteroatoms. The Morgan fingerprint density at radius 2 is 2.14 bits per heavy atom. The van der Waals surface area contributed by atoms with Crippen LogP contribution < -0.4 is 5.32 Å². The van der Waals surface area contributed by atoms with Gasteiger partial charge in [-0.05, 0) is 44.7 Å². The molecule has 1 heterocycles. The summed E-state index contributed by atoms with van der Waals surface area (Å²) in [6.45, 7) is 2.05. The number of carboxylic acid groups (broad SMARTS) is 1. The first kappa shape index (κ1) is 15.6. The zero-order chi connectivity index (χ0) is 15.2. The van der Waals surface area contributed by atoms with Gasteiger partial charge in [-0.2, -0.15) is 0 Å². The van der Waals surface area contributed by atoms with Gasteiger partial charge in [-0.15, -0.1) is 0 Å². The fraction of sp³-hybridized carbons (Fsp3) is 0.600. The third-order valence-corrected chi connectivity index (χ3v) is 3.81. The maximum absolute atomic E-state index is 11.9. The summed E-state index contributed by atoms with van der Waals surface area (Å²) in [5, 5.41) is 11.7. The number of furan rings is 1. The molecule has 21 heavy (non-hydrogen) atoms. The molecule has 0 aliphatic heterocycles. The van der Waals surface area contributed by atoms with Crippen LogP contribution in [-0.4, -0.2) is 29.2 Å². The van der Waals surface area contributed by atoms with E-state index in [0.29, 0.717) is 38.0 Å². The van der Waals surface area contributed by atoms with Crippen LogP contribution in [0.3, 0.4) is 0 Å². The van der Waals surface area contributed by atoms with Crippen molar-refractivity contribution in [1.82, 2.24) is 5.32 Å². The number of hydrogen-bond acceptors (Lipinski definition) is 4. The predicted octanol–water partition coefficient (Wildman–Crippen LogP) is 1.94. The van der Waals surface area contributed by atoms with E-state index in [0.717, 1.165) is 0 Å². The Balaban J connectivity index is 1.70. The van der Waals surface area contributed by atoms with Crippen molar-refractivity contribution in [2.45, 2.75) is 51.4 Å². The standard InChI is InChI=1S/C15H21NO5/c1-10(14(17)16-9-13-3-2-8-20-13)21-12-6-4-11(5-7-12)15(18)19/h2-3,8,10-12H,4-7,9H2,1H3,(H,16,17)(H,18,19). The number of carbonyl (C=O) groups excluding carboxylic acids is 1. The topological polar surface area (TPSA) is 88.8 Å². The Bertz CT molecular complexity index is 462. The molecule has 1 aromatic rings. The molecular formula is C15H21NO5. The summed E-state index contributed by atoms with van der Waals surface area (Å²) >= 11 is 0. The molecule has 2 rings (SSSR count). The molecule has 1 saturated carbocycles. The lowest BCUT2D eigenvalue weighted by molar-refractivity contribution is -0.146. The van der Waals surface area contributed by atoms with E-state index in [2.05, 4.69) is 5.32 Å². The fourth-order valence-electron chi connectivity index (χ4n) is 2.53. The Morgan fingerprint density at radius 3 is 2.71 bits per heavy atom. The second-order valence-corrected chi connectivity index (χ2v) is 5.39. The van der Waals surface area contributed by atoms with Crippen LogP contribution >= 0.6 is 0 Å². The van der Waals surface area contributed by atoms with Crippen LogP contribution in [0.2, 0.25) is 0 Å². The summed E-state index contributed by atoms with van der Waals surface area (Å²) in [6, 6.07) is 3.56. The molecule has 6 nitrogen and oxygen atoms in total. The minimum Gasteiger partial charge on any atom is -0.481 e. The highest BCUT2D eigenvalue weighted by Crippen LogP contribution is 2.27. The largest absolute Gasteiger partial charge is 0.481 e. The van der Waals surface area contributed by atoms with Crippen molar-refractivity contribution in [3.63, 3.8) is 0 Å². The third kappa shape index (κ3) is 4.60. The molecule has 1 atom stereocenters. The number of amides is 1. The van der Waals surface area contributed by atoms with Crippen molar-refractivity contribution in [2.75, 3.05) is 0 Å². The molecule has 1 aromatic heterocycles. The predicted molar refractivity (Wildman–Crippen MR) is 74.5 cm³/mol. The van der Waals surface area contributed by atoms with Crippen molar-refractivity contribution >= 4 is 11.9 Å². The highest BCUT2D eigenvalue weighted by atomic mass is 16.5. The van der Waals surface area contributed by atoms with Crippen LogP contribution in [0.4, 0.5) is 0 Å². The number of ether oxygens (including phenoxy) is 1. The van der Waals surface area contributed by atoms with Gasteiger partial charge < -0.3 is 19.6 Å². The Morgan fingerprint density at radius 1 is 1.43 bits per heavy atom. The quantitative estimate of drug-likeness (QED) is 0.837. The zero-order valence-corrected chi connectivity index (χ0v) is 12.1. The van der Waals surface area contributed by atoms with Gasteiger partial charge in [-0.3, -0.25) is 9.59 Å². The van der Waals surface area contributed by atoms with Crippen molar-refractivity contribution in [2.24, 2.45) is 5.92 Å². The summed E-state index contributed by atoms with van der Waals surface area (Å²) in [7, 11) is 0. The zero-order valence-electron chi connectivity index (χ0n) is 12.1. The van der Waals surface area contributed by atoms with Crippen LogP contribution in [0.5, 0.6) is 0 Å². The molecule has 1 fully saturated rings. The molecule has 1 amide bonds. The number of nitrogens with one attached hydrogen (secondary N) is 1. The Hall–Kier alpha value is -1.82. The number of carboxylic acids is 1. The van der Waals surface area contributed by atoms with Crippen molar-refractivity contribution in [3.05, 3.63) is 24.2 Å². The van der Waals surface area contributed by atoms with Gasteiger partial charge in [-0.25, -0.2) is 0 Å². The molecule has 0 bridgehead atoms. The maximum atomic E-state index is 11.9. The minimum atomic E-state index is -0.738. The summed E-state index contributed by atoms with van der Waals surface area (Å²) in [6.07, 6.45) is 3.57. The van der Waals surface area contributed by atoms with Crippen molar-refractivity contribution in [3.8, 4) is 0 Å². The van der Waals surface area contributed by atoms with E-state index in [-0.39, 0.29) is 17.9 Å². The van der Waals surface area contributed by atoms with E-state index in [9.17, 15) is 9.59 Å². The first-order valence-electron chi connectivity index (χ1n) is 7.24. The lowest BCUT2D eigenvalue weighted by atomic mass is 9.87. The van der Waals surface area contributed by atoms with Crippen LogP contribution in [0, 0.1) is 5.92 Å². The highest BCUT2D eigenvalue weighted by molar-refractivity contribution is 5.80. The van der Waals surface area contributed by atoms with Gasteiger partial charge in [0, 0.05) is 0 Å². The van der Waals surface area contributed by atoms with Gasteiger partial charge in [-0.1, -0.05) is 0 Å². The minimum absolute atomic E-state index is 0.0371. The van der Waals surface area contributed by atoms with Gasteiger partial charge in [0.25, 0.3) is 0 Å². The van der Waals surface area contributed by atoms with Gasteiger partial charge in [0.15, 0.2) is 0 Å². The molecule has 0 radical (unpaired) electrons. The number of hydrogen-bond donors (Lipinski definition) is 2. The highest BCUT2D eigenvalue weighted by Gasteiger charge is 2.28. The van der Waals surface area contributed by atoms with Gasteiger partial charge in [0.05, 0.1) is 24.8 Å². The number of rotatable bonds is 6. The summed E-state index contributed by atoms with van der Waals surface area (Å²) in [4.78, 5) is 22.8. The van der Waals surface area contributed by atoms with Crippen molar-refractivity contribution in [1.29, 1.82) is 0 Å². The van der Waals surface area contributed by atoms with E-state index in [1.165, 1.54) is 0 Å². The normalized spacial score (nSPS) is 23.5. The third-order valence-electron chi connectivity index (χ3n) is 3.81. The molecule has 0 aromatic carbocycles. The van der Waals surface area contributed by atoms with E-state index >= 15 is 0 Å². The molecule has 0 spiro atoms. The average Bonchev–Trinajstić information content (AvgIpc) is 2.98. The summed E-state index contributed by atoms with van der Waals surface area (Å²) in [5.74, 6) is -0.505. The van der Waals surface area contributed by atoms with E-state index < -0.39 is 12.1 Å². The van der Waals surface area contributed by atoms with Gasteiger partial charge in [0.1, 0.15) is 11.9 Å². The summed E-state index contributed by atoms with van der Waals surface area (Å²) in [5.41, 5.74) is 0. The van der Waals surface area contributed by atoms with E-state index in [4.69, 9.17) is 14.3 Å².